The summed E-state index contributed by atoms with van der Waals surface area (Å²) in [6, 6.07) is 0. The lowest BCUT2D eigenvalue weighted by molar-refractivity contribution is -0.120. The summed E-state index contributed by atoms with van der Waals surface area (Å²) in [4.78, 5) is 0. The first-order valence-corrected chi connectivity index (χ1v) is 4.42. The lowest BCUT2D eigenvalue weighted by atomic mass is 10.4. The van der Waals surface area contributed by atoms with Gasteiger partial charge in [-0.15, -0.1) is 0 Å². The predicted octanol–water partition coefficient (Wildman–Crippen LogP) is 3.08. The Morgan fingerprint density at radius 1 is 1.11 bits per heavy atom. The zero-order valence-electron chi connectivity index (χ0n) is 3.97. The molecule has 0 rings (SSSR count). The smallest absolute Gasteiger partial charge is 0.198 e. The third kappa shape index (κ3) is 2.72. The molecule has 6 heteroatoms. The Labute approximate surface area is 76.7 Å². The van der Waals surface area contributed by atoms with Crippen molar-refractivity contribution in [3.8, 4) is 0 Å². The number of rotatable bonds is 2. The van der Waals surface area contributed by atoms with Crippen molar-refractivity contribution in [1.82, 2.24) is 0 Å². The monoisotopic (exact) mass is 368 g/mol. The Morgan fingerprint density at radius 2 is 1.44 bits per heavy atom. The van der Waals surface area contributed by atoms with Crippen LogP contribution in [0.5, 0.6) is 0 Å². The van der Waals surface area contributed by atoms with Crippen LogP contribution in [0, 0.1) is 0 Å². The molecule has 0 atom stereocenters. The molecule has 0 aromatic heterocycles. The lowest BCUT2D eigenvalue weighted by Crippen LogP contribution is -2.36. The minimum Gasteiger partial charge on any atom is -0.198 e. The van der Waals surface area contributed by atoms with E-state index in [0.717, 1.165) is 0 Å². The Hall–Kier alpha value is 1.18. The van der Waals surface area contributed by atoms with Gasteiger partial charge in [0.2, 0.25) is 0 Å². The van der Waals surface area contributed by atoms with Gasteiger partial charge in [0.05, 0.1) is 4.43 Å². The van der Waals surface area contributed by atoms with Crippen molar-refractivity contribution in [1.29, 1.82) is 0 Å². The van der Waals surface area contributed by atoms with E-state index in [2.05, 4.69) is 0 Å². The normalized spacial score (nSPS) is 14.0. The molecule has 9 heavy (non-hydrogen) atoms. The van der Waals surface area contributed by atoms with Gasteiger partial charge in [-0.1, -0.05) is 22.6 Å². The maximum atomic E-state index is 11.9. The van der Waals surface area contributed by atoms with E-state index in [4.69, 9.17) is 0 Å². The molecule has 0 N–H and O–H groups in total. The van der Waals surface area contributed by atoms with Crippen LogP contribution < -0.4 is 0 Å². The van der Waals surface area contributed by atoms with Crippen molar-refractivity contribution in [2.75, 3.05) is 4.43 Å². The molecule has 0 saturated carbocycles. The second-order valence-electron chi connectivity index (χ2n) is 1.34. The van der Waals surface area contributed by atoms with E-state index >= 15 is 0 Å². The SMILES string of the molecule is FC(F)(I)C(F)(F)CI. The van der Waals surface area contributed by atoms with Gasteiger partial charge in [0.15, 0.2) is 0 Å². The van der Waals surface area contributed by atoms with Crippen molar-refractivity contribution in [2.24, 2.45) is 0 Å². The van der Waals surface area contributed by atoms with Gasteiger partial charge in [-0.3, -0.25) is 0 Å². The first kappa shape index (κ1) is 10.2. The van der Waals surface area contributed by atoms with Crippen LogP contribution >= 0.6 is 45.2 Å². The maximum Gasteiger partial charge on any atom is 0.359 e. The van der Waals surface area contributed by atoms with Crippen LogP contribution in [0.4, 0.5) is 17.6 Å². The van der Waals surface area contributed by atoms with Crippen molar-refractivity contribution in [3.63, 3.8) is 0 Å². The highest BCUT2D eigenvalue weighted by atomic mass is 127. The van der Waals surface area contributed by atoms with Gasteiger partial charge in [0.1, 0.15) is 0 Å². The fourth-order valence-corrected chi connectivity index (χ4v) is 1.48. The van der Waals surface area contributed by atoms with E-state index < -0.39 is 14.3 Å². The fourth-order valence-electron chi connectivity index (χ4n) is 0.0758. The number of hydrogen-bond acceptors (Lipinski definition) is 0. The third-order valence-corrected chi connectivity index (χ3v) is 2.33. The van der Waals surface area contributed by atoms with Crippen LogP contribution in [0.2, 0.25) is 0 Å². The summed E-state index contributed by atoms with van der Waals surface area (Å²) >= 11 is 1.65. The topological polar surface area (TPSA) is 0 Å². The van der Waals surface area contributed by atoms with Crippen molar-refractivity contribution >= 4 is 45.2 Å². The molecule has 0 amide bonds. The van der Waals surface area contributed by atoms with Crippen LogP contribution in [0.15, 0.2) is 0 Å². The number of halogens is 6. The molecule has 0 saturated heterocycles. The third-order valence-electron chi connectivity index (χ3n) is 0.583. The Morgan fingerprint density at radius 3 is 1.44 bits per heavy atom. The van der Waals surface area contributed by atoms with Gasteiger partial charge in [0.25, 0.3) is 0 Å². The van der Waals surface area contributed by atoms with Gasteiger partial charge >= 0.3 is 9.85 Å². The first-order chi connectivity index (χ1) is 3.81. The lowest BCUT2D eigenvalue weighted by Gasteiger charge is -2.18. The summed E-state index contributed by atoms with van der Waals surface area (Å²) in [5, 5.41) is 0. The minimum absolute atomic E-state index is 0.431. The second kappa shape index (κ2) is 3.05. The van der Waals surface area contributed by atoms with Crippen molar-refractivity contribution in [3.05, 3.63) is 0 Å². The van der Waals surface area contributed by atoms with E-state index in [9.17, 15) is 17.6 Å². The zero-order valence-corrected chi connectivity index (χ0v) is 8.29. The van der Waals surface area contributed by atoms with Crippen LogP contribution in [0.3, 0.4) is 0 Å². The fraction of sp³-hybridized carbons (Fsp3) is 1.00. The van der Waals surface area contributed by atoms with Crippen molar-refractivity contribution < 1.29 is 17.6 Å². The summed E-state index contributed by atoms with van der Waals surface area (Å²) in [7, 11) is 0. The first-order valence-electron chi connectivity index (χ1n) is 1.82. The standard InChI is InChI=1S/C3H2F4I2/c4-2(5,1-8)3(6,7)9/h1H2. The molecular weight excluding hydrogens is 366 g/mol. The molecule has 0 nitrogen and oxygen atoms in total. The molecule has 0 radical (unpaired) electrons. The summed E-state index contributed by atoms with van der Waals surface area (Å²) < 4.78 is 42.5. The Bertz CT molecular complexity index is 96.5. The largest absolute Gasteiger partial charge is 0.359 e. The molecule has 0 aliphatic rings. The highest BCUT2D eigenvalue weighted by Gasteiger charge is 2.52. The molecular formula is C3H2F4I2. The molecule has 0 aromatic carbocycles. The number of hydrogen-bond donors (Lipinski definition) is 0. The van der Waals surface area contributed by atoms with Gasteiger partial charge in [-0.25, -0.2) is 0 Å². The highest BCUT2D eigenvalue weighted by Crippen LogP contribution is 2.40. The van der Waals surface area contributed by atoms with Crippen LogP contribution in [-0.2, 0) is 0 Å². The molecule has 0 spiro atoms. The molecule has 0 fully saturated rings. The minimum atomic E-state index is -3.92. The second-order valence-corrected chi connectivity index (χ2v) is 3.45. The maximum absolute atomic E-state index is 11.9. The molecule has 0 aliphatic heterocycles. The predicted molar refractivity (Wildman–Crippen MR) is 42.8 cm³/mol. The quantitative estimate of drug-likeness (QED) is 0.400. The Kier molecular flexibility index (Phi) is 3.46. The van der Waals surface area contributed by atoms with E-state index in [1.165, 1.54) is 22.6 Å². The zero-order chi connectivity index (χ0) is 7.71. The highest BCUT2D eigenvalue weighted by molar-refractivity contribution is 14.1. The Balaban J connectivity index is 4.14. The average molecular weight is 368 g/mol. The summed E-state index contributed by atoms with van der Waals surface area (Å²) in [5.41, 5.74) is 0. The molecule has 0 unspecified atom stereocenters. The van der Waals surface area contributed by atoms with Gasteiger partial charge < -0.3 is 0 Å². The van der Waals surface area contributed by atoms with E-state index in [0.29, 0.717) is 22.6 Å². The van der Waals surface area contributed by atoms with Gasteiger partial charge in [-0.05, 0) is 0 Å². The average Bonchev–Trinajstić information content (AvgIpc) is 1.64. The van der Waals surface area contributed by atoms with Crippen LogP contribution in [0.25, 0.3) is 0 Å². The van der Waals surface area contributed by atoms with E-state index in [1.54, 1.807) is 0 Å². The molecule has 0 aliphatic carbocycles. The van der Waals surface area contributed by atoms with Crippen LogP contribution in [0.1, 0.15) is 0 Å². The molecule has 56 valence electrons. The summed E-state index contributed by atoms with van der Waals surface area (Å²) in [5.74, 6) is -3.88. The molecule has 0 aromatic rings. The van der Waals surface area contributed by atoms with Gasteiger partial charge in [-0.2, -0.15) is 17.6 Å². The number of alkyl halides is 6. The van der Waals surface area contributed by atoms with E-state index in [1.807, 2.05) is 0 Å². The summed E-state index contributed by atoms with van der Waals surface area (Å²) in [6.07, 6.45) is 0. The molecule has 0 bridgehead atoms. The molecule has 0 heterocycles. The van der Waals surface area contributed by atoms with E-state index in [-0.39, 0.29) is 0 Å². The van der Waals surface area contributed by atoms with Crippen LogP contribution in [-0.4, -0.2) is 14.3 Å². The summed E-state index contributed by atoms with van der Waals surface area (Å²) in [6.45, 7) is 0. The van der Waals surface area contributed by atoms with Crippen molar-refractivity contribution in [2.45, 2.75) is 9.85 Å². The van der Waals surface area contributed by atoms with Gasteiger partial charge in [0, 0.05) is 22.6 Å².